The van der Waals surface area contributed by atoms with E-state index in [1.807, 2.05) is 0 Å². The standard InChI is InChI=1S/C14H15ClN2O3/c1-17(2)9-11(14(19)20-3)16-13(15)12(18)10-7-5-4-6-8-10/h4-9H,1-3H3/b11-9-,16-13?. The molecule has 1 rings (SSSR count). The Labute approximate surface area is 122 Å². The van der Waals surface area contributed by atoms with Crippen LogP contribution in [0.4, 0.5) is 0 Å². The first kappa shape index (κ1) is 15.9. The van der Waals surface area contributed by atoms with E-state index in [4.69, 9.17) is 11.6 Å². The first-order valence-corrected chi connectivity index (χ1v) is 6.14. The van der Waals surface area contributed by atoms with Crippen molar-refractivity contribution in [1.82, 2.24) is 4.90 Å². The highest BCUT2D eigenvalue weighted by atomic mass is 35.5. The minimum atomic E-state index is -0.669. The van der Waals surface area contributed by atoms with Gasteiger partial charge in [0.2, 0.25) is 5.78 Å². The predicted octanol–water partition coefficient (Wildman–Crippen LogP) is 2.08. The maximum atomic E-state index is 12.0. The lowest BCUT2D eigenvalue weighted by atomic mass is 10.1. The van der Waals surface area contributed by atoms with E-state index >= 15 is 0 Å². The van der Waals surface area contributed by atoms with Crippen molar-refractivity contribution in [3.8, 4) is 0 Å². The lowest BCUT2D eigenvalue weighted by Crippen LogP contribution is -2.13. The Kier molecular flexibility index (Phi) is 5.93. The number of ether oxygens (including phenoxy) is 1. The maximum absolute atomic E-state index is 12.0. The molecule has 20 heavy (non-hydrogen) atoms. The molecule has 0 aliphatic heterocycles. The van der Waals surface area contributed by atoms with E-state index in [1.165, 1.54) is 13.3 Å². The lowest BCUT2D eigenvalue weighted by molar-refractivity contribution is -0.136. The number of nitrogens with zero attached hydrogens (tertiary/aromatic N) is 2. The number of aliphatic imine (C=N–C) groups is 1. The van der Waals surface area contributed by atoms with Gasteiger partial charge in [-0.1, -0.05) is 41.9 Å². The molecule has 0 bridgehead atoms. The van der Waals surface area contributed by atoms with Gasteiger partial charge in [-0.05, 0) is 0 Å². The summed E-state index contributed by atoms with van der Waals surface area (Å²) in [5.74, 6) is -1.13. The van der Waals surface area contributed by atoms with Crippen LogP contribution in [0, 0.1) is 0 Å². The van der Waals surface area contributed by atoms with E-state index in [1.54, 1.807) is 49.3 Å². The summed E-state index contributed by atoms with van der Waals surface area (Å²) >= 11 is 5.88. The molecule has 0 saturated carbocycles. The second kappa shape index (κ2) is 7.45. The molecule has 0 N–H and O–H groups in total. The van der Waals surface area contributed by atoms with E-state index in [2.05, 4.69) is 9.73 Å². The fraction of sp³-hybridized carbons (Fsp3) is 0.214. The molecule has 0 aliphatic rings. The second-order valence-electron chi connectivity index (χ2n) is 4.07. The first-order valence-electron chi connectivity index (χ1n) is 5.76. The van der Waals surface area contributed by atoms with Gasteiger partial charge in [-0.2, -0.15) is 0 Å². The summed E-state index contributed by atoms with van der Waals surface area (Å²) in [7, 11) is 4.66. The Morgan fingerprint density at radius 2 is 1.85 bits per heavy atom. The molecule has 1 aromatic rings. The van der Waals surface area contributed by atoms with Crippen LogP contribution in [0.25, 0.3) is 0 Å². The van der Waals surface area contributed by atoms with Crippen LogP contribution in [0.2, 0.25) is 0 Å². The predicted molar refractivity (Wildman–Crippen MR) is 77.8 cm³/mol. The van der Waals surface area contributed by atoms with Crippen molar-refractivity contribution in [2.45, 2.75) is 0 Å². The molecule has 0 fully saturated rings. The quantitative estimate of drug-likeness (QED) is 0.361. The third-order valence-electron chi connectivity index (χ3n) is 2.22. The van der Waals surface area contributed by atoms with Gasteiger partial charge in [0.25, 0.3) is 0 Å². The molecule has 6 heteroatoms. The van der Waals surface area contributed by atoms with Gasteiger partial charge < -0.3 is 9.64 Å². The third-order valence-corrected chi connectivity index (χ3v) is 2.47. The van der Waals surface area contributed by atoms with Gasteiger partial charge in [0.1, 0.15) is 0 Å². The Hall–Kier alpha value is -2.14. The highest BCUT2D eigenvalue weighted by molar-refractivity contribution is 6.85. The van der Waals surface area contributed by atoms with Crippen molar-refractivity contribution < 1.29 is 14.3 Å². The van der Waals surface area contributed by atoms with Gasteiger partial charge in [-0.3, -0.25) is 4.79 Å². The molecule has 0 saturated heterocycles. The van der Waals surface area contributed by atoms with Crippen LogP contribution in [0.15, 0.2) is 47.2 Å². The molecular weight excluding hydrogens is 280 g/mol. The van der Waals surface area contributed by atoms with Crippen molar-refractivity contribution in [2.75, 3.05) is 21.2 Å². The summed E-state index contributed by atoms with van der Waals surface area (Å²) in [5.41, 5.74) is 0.349. The summed E-state index contributed by atoms with van der Waals surface area (Å²) in [6.45, 7) is 0. The van der Waals surface area contributed by atoms with Crippen molar-refractivity contribution >= 4 is 28.5 Å². The number of methoxy groups -OCH3 is 1. The molecular formula is C14H15ClN2O3. The van der Waals surface area contributed by atoms with E-state index in [0.717, 1.165) is 0 Å². The Bertz CT molecular complexity index is 551. The van der Waals surface area contributed by atoms with Gasteiger partial charge in [-0.25, -0.2) is 9.79 Å². The largest absolute Gasteiger partial charge is 0.464 e. The van der Waals surface area contributed by atoms with Crippen LogP contribution < -0.4 is 0 Å². The van der Waals surface area contributed by atoms with Gasteiger partial charge in [0.15, 0.2) is 10.9 Å². The zero-order chi connectivity index (χ0) is 15.1. The zero-order valence-corrected chi connectivity index (χ0v) is 12.2. The SMILES string of the molecule is COC(=O)/C(=C/N(C)C)N=C(Cl)C(=O)c1ccccc1. The van der Waals surface area contributed by atoms with Crippen LogP contribution in [0.5, 0.6) is 0 Å². The summed E-state index contributed by atoms with van der Waals surface area (Å²) in [6.07, 6.45) is 1.42. The van der Waals surface area contributed by atoms with Crippen molar-refractivity contribution in [3.63, 3.8) is 0 Å². The van der Waals surface area contributed by atoms with Crippen LogP contribution in [0.1, 0.15) is 10.4 Å². The van der Waals surface area contributed by atoms with Crippen LogP contribution >= 0.6 is 11.6 Å². The van der Waals surface area contributed by atoms with Crippen LogP contribution in [-0.2, 0) is 9.53 Å². The molecule has 106 valence electrons. The van der Waals surface area contributed by atoms with E-state index in [0.29, 0.717) is 5.56 Å². The average molecular weight is 295 g/mol. The van der Waals surface area contributed by atoms with E-state index < -0.39 is 11.8 Å². The summed E-state index contributed by atoms with van der Waals surface area (Å²) in [4.78, 5) is 29.0. The number of hydrogen-bond acceptors (Lipinski definition) is 5. The number of rotatable bonds is 5. The number of halogens is 1. The number of carbonyl (C=O) groups excluding carboxylic acids is 2. The van der Waals surface area contributed by atoms with Crippen LogP contribution in [-0.4, -0.2) is 43.0 Å². The monoisotopic (exact) mass is 294 g/mol. The van der Waals surface area contributed by atoms with Gasteiger partial charge in [0, 0.05) is 25.9 Å². The maximum Gasteiger partial charge on any atom is 0.358 e. The molecule has 5 nitrogen and oxygen atoms in total. The van der Waals surface area contributed by atoms with Gasteiger partial charge in [0.05, 0.1) is 7.11 Å². The normalized spacial score (nSPS) is 12.0. The molecule has 0 amide bonds. The van der Waals surface area contributed by atoms with Crippen molar-refractivity contribution in [2.24, 2.45) is 4.99 Å². The molecule has 0 aromatic heterocycles. The number of carbonyl (C=O) groups is 2. The smallest absolute Gasteiger partial charge is 0.358 e. The minimum absolute atomic E-state index is 0.0493. The Balaban J connectivity index is 3.06. The molecule has 0 aliphatic carbocycles. The highest BCUT2D eigenvalue weighted by Crippen LogP contribution is 2.08. The average Bonchev–Trinajstić information content (AvgIpc) is 2.45. The molecule has 0 radical (unpaired) electrons. The molecule has 0 heterocycles. The fourth-order valence-electron chi connectivity index (χ4n) is 1.34. The summed E-state index contributed by atoms with van der Waals surface area (Å²) in [5, 5.41) is -0.297. The molecule has 0 spiro atoms. The number of benzene rings is 1. The lowest BCUT2D eigenvalue weighted by Gasteiger charge is -2.07. The number of ketones is 1. The topological polar surface area (TPSA) is 59.0 Å². The molecule has 0 unspecified atom stereocenters. The fourth-order valence-corrected chi connectivity index (χ4v) is 1.54. The minimum Gasteiger partial charge on any atom is -0.464 e. The number of hydrogen-bond donors (Lipinski definition) is 0. The van der Waals surface area contributed by atoms with E-state index in [-0.39, 0.29) is 10.9 Å². The Morgan fingerprint density at radius 3 is 2.35 bits per heavy atom. The number of Topliss-reactive ketones (excluding diaryl/α,β-unsaturated/α-hetero) is 1. The van der Waals surface area contributed by atoms with Crippen molar-refractivity contribution in [3.05, 3.63) is 47.8 Å². The van der Waals surface area contributed by atoms with Crippen molar-refractivity contribution in [1.29, 1.82) is 0 Å². The first-order chi connectivity index (χ1) is 9.45. The van der Waals surface area contributed by atoms with Crippen LogP contribution in [0.3, 0.4) is 0 Å². The Morgan fingerprint density at radius 1 is 1.25 bits per heavy atom. The van der Waals surface area contributed by atoms with Gasteiger partial charge >= 0.3 is 5.97 Å². The zero-order valence-electron chi connectivity index (χ0n) is 11.5. The molecule has 1 aromatic carbocycles. The number of esters is 1. The van der Waals surface area contributed by atoms with Gasteiger partial charge in [-0.15, -0.1) is 0 Å². The molecule has 0 atom stereocenters. The van der Waals surface area contributed by atoms with E-state index in [9.17, 15) is 9.59 Å². The third kappa shape index (κ3) is 4.51. The summed E-state index contributed by atoms with van der Waals surface area (Å²) in [6, 6.07) is 8.46. The second-order valence-corrected chi connectivity index (χ2v) is 4.43. The summed E-state index contributed by atoms with van der Waals surface area (Å²) < 4.78 is 4.59. The highest BCUT2D eigenvalue weighted by Gasteiger charge is 2.15.